The molecular weight excluding hydrogens is 1190 g/mol. The second kappa shape index (κ2) is 33.0. The first kappa shape index (κ1) is 67.0. The van der Waals surface area contributed by atoms with Crippen LogP contribution in [-0.2, 0) is 57.7 Å². The SMILES string of the molecule is NC(N)=NCCC[C@@H](CC(=O)CC[C@@H](NC(=O)c1ccc(NCc2cnc3nc(N)[nH]c(=O)c3n2)cc1)C(=O)O)C(=O)N[C@H](CSSCCOC(=O)CNC(=O)CC[C@H](CC(=O)c1ccc(CCc2cnc3nc(N)nc(N)c3n2)cc1)C(=O)O)C(=O)O.[2HH].[2HH].[2HH]. The number of nitrogen functional groups attached to an aromatic ring is 3. The summed E-state index contributed by atoms with van der Waals surface area (Å²) >= 11 is 0. The quantitative estimate of drug-likeness (QED) is 0.00658. The molecule has 0 fully saturated rings. The molecule has 472 valence electrons. The van der Waals surface area contributed by atoms with Gasteiger partial charge in [0, 0.05) is 70.7 Å². The first-order valence-electron chi connectivity index (χ1n) is 27.1. The van der Waals surface area contributed by atoms with E-state index >= 15 is 0 Å². The molecule has 0 bridgehead atoms. The molecule has 6 rings (SSSR count). The number of H-pyrrole nitrogens is 1. The zero-order valence-electron chi connectivity index (χ0n) is 47.0. The van der Waals surface area contributed by atoms with Gasteiger partial charge in [0.25, 0.3) is 11.5 Å². The lowest BCUT2D eigenvalue weighted by Gasteiger charge is -2.20. The zero-order valence-corrected chi connectivity index (χ0v) is 48.6. The Balaban J connectivity index is 0.00000721. The number of aliphatic imine (C=N–C) groups is 1. The lowest BCUT2D eigenvalue weighted by atomic mass is 9.93. The lowest BCUT2D eigenvalue weighted by molar-refractivity contribution is -0.144. The molecular formula is C54H70N18O14S2. The van der Waals surface area contributed by atoms with Crippen LogP contribution < -0.4 is 55.5 Å². The van der Waals surface area contributed by atoms with Gasteiger partial charge in [0.2, 0.25) is 23.7 Å². The number of nitrogens with zero attached hydrogens (tertiary/aromatic N) is 8. The van der Waals surface area contributed by atoms with Crippen LogP contribution in [0.15, 0.2) is 70.7 Å². The van der Waals surface area contributed by atoms with E-state index in [1.807, 2.05) is 0 Å². The van der Waals surface area contributed by atoms with Crippen molar-refractivity contribution in [2.75, 3.05) is 53.7 Å². The number of carbonyl (C=O) groups is 9. The molecule has 0 saturated heterocycles. The number of hydrogen-bond acceptors (Lipinski definition) is 25. The maximum atomic E-state index is 13.5. The van der Waals surface area contributed by atoms with Crippen LogP contribution in [0.5, 0.6) is 0 Å². The van der Waals surface area contributed by atoms with E-state index in [0.717, 1.165) is 27.2 Å². The van der Waals surface area contributed by atoms with Crippen molar-refractivity contribution >= 4 is 126 Å². The highest BCUT2D eigenvalue weighted by atomic mass is 33.1. The summed E-state index contributed by atoms with van der Waals surface area (Å²) in [6, 6.07) is 9.70. The average Bonchev–Trinajstić information content (AvgIpc) is 3.28. The van der Waals surface area contributed by atoms with Gasteiger partial charge in [-0.25, -0.2) is 29.5 Å². The Labute approximate surface area is 512 Å². The lowest BCUT2D eigenvalue weighted by Crippen LogP contribution is -2.45. The summed E-state index contributed by atoms with van der Waals surface area (Å²) in [6.07, 6.45) is 2.27. The molecule has 0 saturated carbocycles. The Morgan fingerprint density at radius 2 is 1.39 bits per heavy atom. The molecule has 0 aliphatic carbocycles. The minimum Gasteiger partial charge on any atom is -0.481 e. The molecule has 4 heterocycles. The van der Waals surface area contributed by atoms with E-state index in [9.17, 15) is 63.3 Å². The van der Waals surface area contributed by atoms with Crippen molar-refractivity contribution in [2.24, 2.45) is 28.3 Å². The van der Waals surface area contributed by atoms with E-state index in [4.69, 9.17) is 33.4 Å². The number of aromatic nitrogens is 8. The van der Waals surface area contributed by atoms with Crippen LogP contribution in [0.4, 0.5) is 23.4 Å². The van der Waals surface area contributed by atoms with Gasteiger partial charge in [-0.1, -0.05) is 45.9 Å². The first-order chi connectivity index (χ1) is 42.0. The molecule has 18 N–H and O–H groups in total. The van der Waals surface area contributed by atoms with E-state index in [1.165, 1.54) is 18.3 Å². The summed E-state index contributed by atoms with van der Waals surface area (Å²) in [5.74, 6) is -10.5. The molecule has 0 aliphatic heterocycles. The van der Waals surface area contributed by atoms with Crippen LogP contribution in [0.2, 0.25) is 0 Å². The van der Waals surface area contributed by atoms with Crippen molar-refractivity contribution in [3.05, 3.63) is 99.4 Å². The Bertz CT molecular complexity index is 3630. The fourth-order valence-corrected chi connectivity index (χ4v) is 10.4. The molecule has 6 aromatic rings. The fourth-order valence-electron chi connectivity index (χ4n) is 8.37. The maximum absolute atomic E-state index is 13.5. The molecule has 88 heavy (non-hydrogen) atoms. The highest BCUT2D eigenvalue weighted by Crippen LogP contribution is 2.24. The number of carboxylic acids is 3. The Morgan fingerprint density at radius 3 is 2.08 bits per heavy atom. The third-order valence-electron chi connectivity index (χ3n) is 13.0. The van der Waals surface area contributed by atoms with Crippen LogP contribution in [-0.4, -0.2) is 158 Å². The smallest absolute Gasteiger partial charge is 0.327 e. The summed E-state index contributed by atoms with van der Waals surface area (Å²) in [5, 5.41) is 40.0. The van der Waals surface area contributed by atoms with Crippen LogP contribution in [0.3, 0.4) is 0 Å². The molecule has 0 spiro atoms. The van der Waals surface area contributed by atoms with Gasteiger partial charge in [-0.15, -0.1) is 0 Å². The molecule has 2 aromatic carbocycles. The highest BCUT2D eigenvalue weighted by molar-refractivity contribution is 8.76. The fraction of sp³-hybridized carbons (Fsp3) is 0.370. The molecule has 0 aliphatic rings. The first-order valence-corrected chi connectivity index (χ1v) is 29.6. The van der Waals surface area contributed by atoms with Gasteiger partial charge in [0.1, 0.15) is 31.0 Å². The third-order valence-corrected chi connectivity index (χ3v) is 15.4. The number of nitrogens with one attached hydrogen (secondary N) is 5. The number of amides is 3. The molecule has 34 heteroatoms. The largest absolute Gasteiger partial charge is 0.481 e. The topological polar surface area (TPSA) is 537 Å². The summed E-state index contributed by atoms with van der Waals surface area (Å²) < 4.78 is 5.14. The van der Waals surface area contributed by atoms with E-state index in [1.54, 1.807) is 42.6 Å². The van der Waals surface area contributed by atoms with E-state index in [-0.39, 0.29) is 132 Å². The number of carbonyl (C=O) groups excluding carboxylic acids is 6. The van der Waals surface area contributed by atoms with Gasteiger partial charge in [-0.3, -0.25) is 48.3 Å². The third kappa shape index (κ3) is 21.4. The van der Waals surface area contributed by atoms with Gasteiger partial charge >= 0.3 is 23.9 Å². The number of esters is 1. The molecule has 4 aromatic heterocycles. The number of hydrogen-bond donors (Lipinski definition) is 13. The van der Waals surface area contributed by atoms with Crippen molar-refractivity contribution in [2.45, 2.75) is 82.8 Å². The van der Waals surface area contributed by atoms with Gasteiger partial charge in [-0.2, -0.15) is 15.0 Å². The molecule has 4 atom stereocenters. The van der Waals surface area contributed by atoms with Crippen molar-refractivity contribution in [1.82, 2.24) is 55.8 Å². The molecule has 3 amide bonds. The molecule has 0 radical (unpaired) electrons. The number of guanidine groups is 1. The van der Waals surface area contributed by atoms with Crippen LogP contribution in [0.25, 0.3) is 22.3 Å². The Morgan fingerprint density at radius 1 is 0.705 bits per heavy atom. The van der Waals surface area contributed by atoms with Crippen LogP contribution in [0, 0.1) is 11.8 Å². The minimum atomic E-state index is -1.50. The number of rotatable bonds is 36. The van der Waals surface area contributed by atoms with Crippen molar-refractivity contribution in [1.29, 1.82) is 0 Å². The zero-order chi connectivity index (χ0) is 63.9. The van der Waals surface area contributed by atoms with Crippen molar-refractivity contribution in [3.8, 4) is 0 Å². The second-order valence-electron chi connectivity index (χ2n) is 19.6. The van der Waals surface area contributed by atoms with Gasteiger partial charge < -0.3 is 70.0 Å². The van der Waals surface area contributed by atoms with E-state index < -0.39 is 95.6 Å². The highest BCUT2D eigenvalue weighted by Gasteiger charge is 2.29. The molecule has 32 nitrogen and oxygen atoms in total. The number of carboxylic acid groups (broad SMARTS) is 3. The number of aromatic amines is 1. The van der Waals surface area contributed by atoms with E-state index in [0.29, 0.717) is 35.4 Å². The number of benzene rings is 2. The molecule has 0 unspecified atom stereocenters. The minimum absolute atomic E-state index is 0. The number of aliphatic carboxylic acids is 3. The number of anilines is 4. The van der Waals surface area contributed by atoms with Gasteiger partial charge in [-0.05, 0) is 68.4 Å². The second-order valence-corrected chi connectivity index (χ2v) is 22.2. The number of ether oxygens (including phenoxy) is 1. The standard InChI is InChI=1S/C54H64N18O14S2.3H2/c55-43-41-44(70-53(58)69-43)63-22-33(65-41)11-5-27-3-6-28(7-4-27)38(74)21-31(49(80)81)10-16-39(75)62-25-40(76)86-18-19-87-88-26-37(51(84)85)68-47(78)30(2-1-17-60-52(56)57)20-35(73)14-15-36(50(82)83)67-46(77)29-8-12-32(13-9-29)61-23-34-24-64-45-42(66-34)48(79)72-54(59)71-45;;;/h3-4,6-9,12-13,22,24,30-31,36-37,61H,1-2,5,10-11,14-21,23,25-26H2,(H,62,75)(H,67,77)(H,68,78)(H,80,81)(H,82,83)(H,84,85)(H4,56,57,60)(H4,55,58,63,69,70)(H3,59,64,71,72,79);3*1H/t30-,31+,36+,37+;;;/m0.../s1/i;3*1+1. The van der Waals surface area contributed by atoms with Crippen LogP contribution >= 0.6 is 21.6 Å². The predicted octanol–water partition coefficient (Wildman–Crippen LogP) is 1.28. The summed E-state index contributed by atoms with van der Waals surface area (Å²) in [6.45, 7) is -0.457. The normalized spacial score (nSPS) is 12.4. The number of nitrogens with two attached hydrogens (primary N) is 5. The number of fused-ring (bicyclic) bond motifs is 2. The van der Waals surface area contributed by atoms with E-state index in [2.05, 4.69) is 66.1 Å². The average molecular weight is 1260 g/mol. The van der Waals surface area contributed by atoms with Gasteiger partial charge in [0.05, 0.1) is 36.2 Å². The Hall–Kier alpha value is -10.1. The Kier molecular flexibility index (Phi) is 25.1. The summed E-state index contributed by atoms with van der Waals surface area (Å²) in [5.41, 5.74) is 30.9. The maximum Gasteiger partial charge on any atom is 0.327 e. The van der Waals surface area contributed by atoms with Crippen molar-refractivity contribution < 1.29 is 67.5 Å². The number of ketones is 2. The number of aryl methyl sites for hydroxylation is 2. The van der Waals surface area contributed by atoms with Crippen molar-refractivity contribution in [3.63, 3.8) is 0 Å². The summed E-state index contributed by atoms with van der Waals surface area (Å²) in [7, 11) is 2.16. The predicted molar refractivity (Wildman–Crippen MR) is 329 cm³/mol. The summed E-state index contributed by atoms with van der Waals surface area (Å²) in [4.78, 5) is 162. The number of Topliss-reactive ketones (excluding diaryl/α,β-unsaturated/α-hetero) is 2. The van der Waals surface area contributed by atoms with Crippen LogP contribution in [0.1, 0.15) is 93.3 Å². The monoisotopic (exact) mass is 1260 g/mol. The van der Waals surface area contributed by atoms with Gasteiger partial charge in [0.15, 0.2) is 39.9 Å².